The molecule has 2 rings (SSSR count). The fourth-order valence-electron chi connectivity index (χ4n) is 2.69. The first-order valence-corrected chi connectivity index (χ1v) is 7.38. The Kier molecular flexibility index (Phi) is 4.85. The zero-order valence-corrected chi connectivity index (χ0v) is 12.7. The van der Waals surface area contributed by atoms with Gasteiger partial charge >= 0.3 is 0 Å². The van der Waals surface area contributed by atoms with Crippen LogP contribution in [-0.2, 0) is 0 Å². The third-order valence-electron chi connectivity index (χ3n) is 4.25. The Morgan fingerprint density at radius 3 is 2.67 bits per heavy atom. The quantitative estimate of drug-likeness (QED) is 0.781. The standard InChI is InChI=1S/C16H24N2O3/c1-12-11-13(19)3-4-14(12)15(20)17-8-5-16(21)6-9-18(2)10-7-16/h3-4,11,19,21H,5-10H2,1-2H3,(H,17,20). The van der Waals surface area contributed by atoms with Gasteiger partial charge in [-0.15, -0.1) is 0 Å². The number of carbonyl (C=O) groups is 1. The van der Waals surface area contributed by atoms with Gasteiger partial charge in [-0.1, -0.05) is 0 Å². The topological polar surface area (TPSA) is 72.8 Å². The van der Waals surface area contributed by atoms with Crippen molar-refractivity contribution in [3.63, 3.8) is 0 Å². The summed E-state index contributed by atoms with van der Waals surface area (Å²) in [5, 5.41) is 22.7. The number of rotatable bonds is 4. The first-order valence-electron chi connectivity index (χ1n) is 7.38. The average molecular weight is 292 g/mol. The number of hydrogen-bond acceptors (Lipinski definition) is 4. The van der Waals surface area contributed by atoms with Gasteiger partial charge in [0.2, 0.25) is 0 Å². The lowest BCUT2D eigenvalue weighted by Gasteiger charge is -2.36. The zero-order valence-electron chi connectivity index (χ0n) is 12.7. The van der Waals surface area contributed by atoms with Gasteiger partial charge in [-0.2, -0.15) is 0 Å². The van der Waals surface area contributed by atoms with E-state index in [0.29, 0.717) is 18.5 Å². The number of phenolic OH excluding ortho intramolecular Hbond substituents is 1. The highest BCUT2D eigenvalue weighted by molar-refractivity contribution is 5.95. The number of amides is 1. The van der Waals surface area contributed by atoms with E-state index in [1.807, 2.05) is 0 Å². The molecule has 1 saturated heterocycles. The van der Waals surface area contributed by atoms with Crippen molar-refractivity contribution in [3.8, 4) is 5.75 Å². The van der Waals surface area contributed by atoms with Crippen LogP contribution < -0.4 is 5.32 Å². The summed E-state index contributed by atoms with van der Waals surface area (Å²) in [6, 6.07) is 4.69. The number of carbonyl (C=O) groups excluding carboxylic acids is 1. The first-order chi connectivity index (χ1) is 9.89. The first kappa shape index (κ1) is 15.8. The van der Waals surface area contributed by atoms with Gasteiger partial charge in [0.25, 0.3) is 5.91 Å². The molecule has 0 atom stereocenters. The van der Waals surface area contributed by atoms with Crippen LogP contribution >= 0.6 is 0 Å². The Hall–Kier alpha value is -1.59. The number of aromatic hydroxyl groups is 1. The summed E-state index contributed by atoms with van der Waals surface area (Å²) in [4.78, 5) is 14.3. The summed E-state index contributed by atoms with van der Waals surface area (Å²) in [5.74, 6) is -0.00582. The van der Waals surface area contributed by atoms with Crippen molar-refractivity contribution in [1.82, 2.24) is 10.2 Å². The Labute approximate surface area is 125 Å². The number of piperidine rings is 1. The molecule has 1 aliphatic heterocycles. The predicted molar refractivity (Wildman–Crippen MR) is 81.5 cm³/mol. The normalized spacial score (nSPS) is 18.4. The van der Waals surface area contributed by atoms with E-state index in [0.717, 1.165) is 31.5 Å². The summed E-state index contributed by atoms with van der Waals surface area (Å²) in [6.07, 6.45) is 2.07. The molecule has 1 aromatic carbocycles. The van der Waals surface area contributed by atoms with Gasteiger partial charge in [0.15, 0.2) is 0 Å². The molecule has 1 aromatic rings. The van der Waals surface area contributed by atoms with Gasteiger partial charge in [0.05, 0.1) is 5.60 Å². The molecular weight excluding hydrogens is 268 g/mol. The van der Waals surface area contributed by atoms with Crippen LogP contribution in [0.2, 0.25) is 0 Å². The molecule has 0 aromatic heterocycles. The molecule has 5 heteroatoms. The van der Waals surface area contributed by atoms with E-state index in [1.165, 1.54) is 6.07 Å². The monoisotopic (exact) mass is 292 g/mol. The highest BCUT2D eigenvalue weighted by Gasteiger charge is 2.30. The molecule has 1 heterocycles. The van der Waals surface area contributed by atoms with E-state index >= 15 is 0 Å². The van der Waals surface area contributed by atoms with E-state index in [4.69, 9.17) is 0 Å². The van der Waals surface area contributed by atoms with Crippen LogP contribution in [0.25, 0.3) is 0 Å². The van der Waals surface area contributed by atoms with Crippen LogP contribution in [-0.4, -0.2) is 53.3 Å². The lowest BCUT2D eigenvalue weighted by molar-refractivity contribution is -0.0214. The maximum atomic E-state index is 12.1. The molecule has 3 N–H and O–H groups in total. The highest BCUT2D eigenvalue weighted by Crippen LogP contribution is 2.24. The number of benzene rings is 1. The Morgan fingerprint density at radius 2 is 2.05 bits per heavy atom. The van der Waals surface area contributed by atoms with Gasteiger partial charge in [-0.05, 0) is 57.0 Å². The Morgan fingerprint density at radius 1 is 1.38 bits per heavy atom. The van der Waals surface area contributed by atoms with Crippen molar-refractivity contribution in [2.75, 3.05) is 26.7 Å². The fourth-order valence-corrected chi connectivity index (χ4v) is 2.69. The molecule has 5 nitrogen and oxygen atoms in total. The van der Waals surface area contributed by atoms with Crippen molar-refractivity contribution in [2.24, 2.45) is 0 Å². The van der Waals surface area contributed by atoms with Gasteiger partial charge < -0.3 is 20.4 Å². The second-order valence-corrected chi connectivity index (χ2v) is 6.03. The molecule has 21 heavy (non-hydrogen) atoms. The van der Waals surface area contributed by atoms with Gasteiger partial charge in [-0.25, -0.2) is 0 Å². The minimum Gasteiger partial charge on any atom is -0.508 e. The number of aliphatic hydroxyl groups is 1. The van der Waals surface area contributed by atoms with Crippen LogP contribution in [0.15, 0.2) is 18.2 Å². The number of aryl methyl sites for hydroxylation is 1. The Balaban J connectivity index is 1.84. The van der Waals surface area contributed by atoms with Crippen LogP contribution in [0.5, 0.6) is 5.75 Å². The summed E-state index contributed by atoms with van der Waals surface area (Å²) < 4.78 is 0. The smallest absolute Gasteiger partial charge is 0.251 e. The second-order valence-electron chi connectivity index (χ2n) is 6.03. The van der Waals surface area contributed by atoms with E-state index in [-0.39, 0.29) is 11.7 Å². The molecule has 1 fully saturated rings. The van der Waals surface area contributed by atoms with Crippen molar-refractivity contribution >= 4 is 5.91 Å². The zero-order chi connectivity index (χ0) is 15.5. The maximum Gasteiger partial charge on any atom is 0.251 e. The van der Waals surface area contributed by atoms with Crippen molar-refractivity contribution in [2.45, 2.75) is 31.8 Å². The minimum absolute atomic E-state index is 0.157. The van der Waals surface area contributed by atoms with Crippen LogP contribution in [0, 0.1) is 6.92 Å². The third-order valence-corrected chi connectivity index (χ3v) is 4.25. The van der Waals surface area contributed by atoms with E-state index < -0.39 is 5.60 Å². The number of nitrogens with one attached hydrogen (secondary N) is 1. The lowest BCUT2D eigenvalue weighted by atomic mass is 9.88. The Bertz CT molecular complexity index is 508. The van der Waals surface area contributed by atoms with Gasteiger partial charge in [0, 0.05) is 25.2 Å². The van der Waals surface area contributed by atoms with Crippen LogP contribution in [0.4, 0.5) is 0 Å². The van der Waals surface area contributed by atoms with Gasteiger partial charge in [-0.3, -0.25) is 4.79 Å². The molecule has 0 radical (unpaired) electrons. The number of nitrogens with zero attached hydrogens (tertiary/aromatic N) is 1. The maximum absolute atomic E-state index is 12.1. The fraction of sp³-hybridized carbons (Fsp3) is 0.562. The van der Waals surface area contributed by atoms with E-state index in [1.54, 1.807) is 19.1 Å². The number of likely N-dealkylation sites (tertiary alicyclic amines) is 1. The predicted octanol–water partition coefficient (Wildman–Crippen LogP) is 1.28. The van der Waals surface area contributed by atoms with Gasteiger partial charge in [0.1, 0.15) is 5.75 Å². The minimum atomic E-state index is -0.663. The number of phenols is 1. The molecule has 1 aliphatic rings. The molecule has 116 valence electrons. The van der Waals surface area contributed by atoms with Crippen LogP contribution in [0.1, 0.15) is 35.2 Å². The molecule has 0 spiro atoms. The number of hydrogen-bond donors (Lipinski definition) is 3. The highest BCUT2D eigenvalue weighted by atomic mass is 16.3. The molecule has 1 amide bonds. The van der Waals surface area contributed by atoms with Crippen LogP contribution in [0.3, 0.4) is 0 Å². The average Bonchev–Trinajstić information content (AvgIpc) is 2.42. The van der Waals surface area contributed by atoms with Crippen molar-refractivity contribution in [3.05, 3.63) is 29.3 Å². The van der Waals surface area contributed by atoms with E-state index in [9.17, 15) is 15.0 Å². The van der Waals surface area contributed by atoms with Crippen molar-refractivity contribution < 1.29 is 15.0 Å². The largest absolute Gasteiger partial charge is 0.508 e. The summed E-state index contributed by atoms with van der Waals surface area (Å²) in [6.45, 7) is 4.03. The molecular formula is C16H24N2O3. The molecule has 0 bridgehead atoms. The molecule has 0 saturated carbocycles. The second kappa shape index (κ2) is 6.45. The third kappa shape index (κ3) is 4.19. The molecule has 0 unspecified atom stereocenters. The summed E-state index contributed by atoms with van der Waals surface area (Å²) >= 11 is 0. The summed E-state index contributed by atoms with van der Waals surface area (Å²) in [7, 11) is 2.05. The SMILES string of the molecule is Cc1cc(O)ccc1C(=O)NCCC1(O)CCN(C)CC1. The van der Waals surface area contributed by atoms with E-state index in [2.05, 4.69) is 17.3 Å². The lowest BCUT2D eigenvalue weighted by Crippen LogP contribution is -2.44. The van der Waals surface area contributed by atoms with Crippen molar-refractivity contribution in [1.29, 1.82) is 0 Å². The summed E-state index contributed by atoms with van der Waals surface area (Å²) in [5.41, 5.74) is 0.637. The molecule has 0 aliphatic carbocycles.